The first-order valence-electron chi connectivity index (χ1n) is 6.81. The van der Waals surface area contributed by atoms with E-state index < -0.39 is 6.10 Å². The lowest BCUT2D eigenvalue weighted by atomic mass is 10.0. The van der Waals surface area contributed by atoms with E-state index in [1.807, 2.05) is 31.2 Å². The van der Waals surface area contributed by atoms with Gasteiger partial charge in [-0.2, -0.15) is 0 Å². The average Bonchev–Trinajstić information content (AvgIpc) is 2.44. The predicted molar refractivity (Wildman–Crippen MR) is 80.4 cm³/mol. The molecule has 0 bridgehead atoms. The number of para-hydroxylation sites is 1. The summed E-state index contributed by atoms with van der Waals surface area (Å²) < 4.78 is 13.2. The zero-order valence-electron chi connectivity index (χ0n) is 11.9. The Morgan fingerprint density at radius 2 is 1.85 bits per heavy atom. The molecular weight excluding hydrogens is 253 g/mol. The molecule has 106 valence electrons. The number of hydrogen-bond donors (Lipinski definition) is 2. The van der Waals surface area contributed by atoms with Crippen LogP contribution in [0.15, 0.2) is 42.5 Å². The molecule has 1 atom stereocenters. The molecule has 0 fully saturated rings. The van der Waals surface area contributed by atoms with Crippen LogP contribution in [0.4, 0.5) is 10.1 Å². The quantitative estimate of drug-likeness (QED) is 0.863. The second-order valence-electron chi connectivity index (χ2n) is 5.05. The van der Waals surface area contributed by atoms with Gasteiger partial charge in [0.25, 0.3) is 0 Å². The van der Waals surface area contributed by atoms with E-state index in [4.69, 9.17) is 0 Å². The highest BCUT2D eigenvalue weighted by molar-refractivity contribution is 5.50. The zero-order chi connectivity index (χ0) is 14.5. The molecule has 0 saturated carbocycles. The van der Waals surface area contributed by atoms with Crippen LogP contribution in [0.3, 0.4) is 0 Å². The highest BCUT2D eigenvalue weighted by Crippen LogP contribution is 2.20. The van der Waals surface area contributed by atoms with Crippen molar-refractivity contribution >= 4 is 5.69 Å². The number of aliphatic hydroxyl groups is 1. The summed E-state index contributed by atoms with van der Waals surface area (Å²) in [4.78, 5) is 0. The summed E-state index contributed by atoms with van der Waals surface area (Å²) in [7, 11) is 0. The minimum atomic E-state index is -0.578. The van der Waals surface area contributed by atoms with E-state index in [-0.39, 0.29) is 5.82 Å². The van der Waals surface area contributed by atoms with Gasteiger partial charge in [0, 0.05) is 12.2 Å². The minimum Gasteiger partial charge on any atom is -0.388 e. The second kappa shape index (κ2) is 6.53. The molecule has 0 saturated heterocycles. The first-order chi connectivity index (χ1) is 9.58. The number of anilines is 1. The van der Waals surface area contributed by atoms with Gasteiger partial charge < -0.3 is 10.4 Å². The Morgan fingerprint density at radius 1 is 1.10 bits per heavy atom. The van der Waals surface area contributed by atoms with Crippen molar-refractivity contribution in [3.8, 4) is 0 Å². The molecule has 3 heteroatoms. The number of rotatable bonds is 5. The van der Waals surface area contributed by atoms with Crippen LogP contribution in [0.1, 0.15) is 29.2 Å². The fraction of sp³-hybridized carbons (Fsp3) is 0.294. The van der Waals surface area contributed by atoms with Crippen molar-refractivity contribution < 1.29 is 9.50 Å². The van der Waals surface area contributed by atoms with Gasteiger partial charge in [0.15, 0.2) is 0 Å². The summed E-state index contributed by atoms with van der Waals surface area (Å²) in [5.74, 6) is -0.237. The lowest BCUT2D eigenvalue weighted by molar-refractivity contribution is 0.171. The Balaban J connectivity index is 1.90. The Kier molecular flexibility index (Phi) is 4.74. The SMILES string of the molecule is Cc1cc(C(O)CCNc2ccccc2C)ccc1F. The fourth-order valence-electron chi connectivity index (χ4n) is 2.16. The molecule has 0 amide bonds. The summed E-state index contributed by atoms with van der Waals surface area (Å²) >= 11 is 0. The van der Waals surface area contributed by atoms with Crippen LogP contribution in [0.2, 0.25) is 0 Å². The first-order valence-corrected chi connectivity index (χ1v) is 6.81. The topological polar surface area (TPSA) is 32.3 Å². The van der Waals surface area contributed by atoms with Crippen LogP contribution in [0.5, 0.6) is 0 Å². The Morgan fingerprint density at radius 3 is 2.55 bits per heavy atom. The Bertz CT molecular complexity index is 583. The molecule has 20 heavy (non-hydrogen) atoms. The van der Waals surface area contributed by atoms with Crippen LogP contribution >= 0.6 is 0 Å². The maximum absolute atomic E-state index is 13.2. The van der Waals surface area contributed by atoms with Gasteiger partial charge in [0.2, 0.25) is 0 Å². The van der Waals surface area contributed by atoms with E-state index in [0.717, 1.165) is 11.3 Å². The molecule has 0 heterocycles. The lowest BCUT2D eigenvalue weighted by Gasteiger charge is -2.14. The van der Waals surface area contributed by atoms with Gasteiger partial charge in [-0.25, -0.2) is 4.39 Å². The van der Waals surface area contributed by atoms with Gasteiger partial charge in [-0.05, 0) is 49.1 Å². The number of nitrogens with one attached hydrogen (secondary N) is 1. The molecule has 0 aliphatic rings. The summed E-state index contributed by atoms with van der Waals surface area (Å²) in [5.41, 5.74) is 3.58. The maximum Gasteiger partial charge on any atom is 0.126 e. The molecule has 2 N–H and O–H groups in total. The van der Waals surface area contributed by atoms with Crippen molar-refractivity contribution in [3.63, 3.8) is 0 Å². The molecule has 2 aromatic carbocycles. The summed E-state index contributed by atoms with van der Waals surface area (Å²) in [5, 5.41) is 13.4. The van der Waals surface area contributed by atoms with Crippen LogP contribution in [0, 0.1) is 19.7 Å². The van der Waals surface area contributed by atoms with Crippen LogP contribution in [-0.2, 0) is 0 Å². The van der Waals surface area contributed by atoms with Crippen molar-refractivity contribution in [2.24, 2.45) is 0 Å². The Labute approximate surface area is 119 Å². The van der Waals surface area contributed by atoms with E-state index in [1.54, 1.807) is 19.1 Å². The lowest BCUT2D eigenvalue weighted by Crippen LogP contribution is -2.08. The summed E-state index contributed by atoms with van der Waals surface area (Å²) in [6, 6.07) is 12.8. The van der Waals surface area contributed by atoms with Crippen molar-refractivity contribution in [2.45, 2.75) is 26.4 Å². The third-order valence-corrected chi connectivity index (χ3v) is 3.45. The largest absolute Gasteiger partial charge is 0.388 e. The summed E-state index contributed by atoms with van der Waals surface area (Å²) in [6.07, 6.45) is 0.00480. The monoisotopic (exact) mass is 273 g/mol. The standard InChI is InChI=1S/C17H20FNO/c1-12-5-3-4-6-16(12)19-10-9-17(20)14-7-8-15(18)13(2)11-14/h3-8,11,17,19-20H,9-10H2,1-2H3. The smallest absolute Gasteiger partial charge is 0.126 e. The third kappa shape index (κ3) is 3.58. The fourth-order valence-corrected chi connectivity index (χ4v) is 2.16. The number of hydrogen-bond acceptors (Lipinski definition) is 2. The molecule has 0 aromatic heterocycles. The normalized spacial score (nSPS) is 12.2. The van der Waals surface area contributed by atoms with E-state index >= 15 is 0 Å². The number of aryl methyl sites for hydroxylation is 2. The highest BCUT2D eigenvalue weighted by Gasteiger charge is 2.09. The molecule has 2 aromatic rings. The molecule has 0 radical (unpaired) electrons. The van der Waals surface area contributed by atoms with Crippen LogP contribution < -0.4 is 5.32 Å². The van der Waals surface area contributed by atoms with Gasteiger partial charge in [-0.3, -0.25) is 0 Å². The van der Waals surface area contributed by atoms with Crippen LogP contribution in [-0.4, -0.2) is 11.7 Å². The van der Waals surface area contributed by atoms with Crippen molar-refractivity contribution in [3.05, 3.63) is 65.0 Å². The molecular formula is C17H20FNO. The maximum atomic E-state index is 13.2. The average molecular weight is 273 g/mol. The minimum absolute atomic E-state index is 0.237. The predicted octanol–water partition coefficient (Wildman–Crippen LogP) is 3.98. The van der Waals surface area contributed by atoms with E-state index in [9.17, 15) is 9.50 Å². The van der Waals surface area contributed by atoms with Gasteiger partial charge in [0.05, 0.1) is 6.10 Å². The zero-order valence-corrected chi connectivity index (χ0v) is 11.9. The van der Waals surface area contributed by atoms with E-state index in [0.29, 0.717) is 18.5 Å². The van der Waals surface area contributed by atoms with Gasteiger partial charge in [-0.15, -0.1) is 0 Å². The molecule has 0 aliphatic heterocycles. The first kappa shape index (κ1) is 14.5. The highest BCUT2D eigenvalue weighted by atomic mass is 19.1. The summed E-state index contributed by atoms with van der Waals surface area (Å²) in [6.45, 7) is 4.42. The van der Waals surface area contributed by atoms with Crippen LogP contribution in [0.25, 0.3) is 0 Å². The van der Waals surface area contributed by atoms with Gasteiger partial charge in [0.1, 0.15) is 5.82 Å². The Hall–Kier alpha value is -1.87. The third-order valence-electron chi connectivity index (χ3n) is 3.45. The van der Waals surface area contributed by atoms with Gasteiger partial charge >= 0.3 is 0 Å². The van der Waals surface area contributed by atoms with Gasteiger partial charge in [-0.1, -0.05) is 30.3 Å². The van der Waals surface area contributed by atoms with Crippen molar-refractivity contribution in [1.29, 1.82) is 0 Å². The van der Waals surface area contributed by atoms with E-state index in [2.05, 4.69) is 5.32 Å². The van der Waals surface area contributed by atoms with Crippen molar-refractivity contribution in [1.82, 2.24) is 0 Å². The molecule has 0 aliphatic carbocycles. The molecule has 0 spiro atoms. The second-order valence-corrected chi connectivity index (χ2v) is 5.05. The molecule has 2 nitrogen and oxygen atoms in total. The number of halogens is 1. The van der Waals surface area contributed by atoms with Crippen molar-refractivity contribution in [2.75, 3.05) is 11.9 Å². The number of benzene rings is 2. The number of aliphatic hydroxyl groups excluding tert-OH is 1. The molecule has 1 unspecified atom stereocenters. The van der Waals surface area contributed by atoms with E-state index in [1.165, 1.54) is 11.6 Å². The molecule has 2 rings (SSSR count).